The van der Waals surface area contributed by atoms with Gasteiger partial charge in [-0.05, 0) is 26.7 Å². The summed E-state index contributed by atoms with van der Waals surface area (Å²) in [6.45, 7) is 2.11. The molecule has 0 saturated heterocycles. The number of aliphatic carboxylic acids is 1. The minimum absolute atomic E-state index is 0.0840. The Labute approximate surface area is 111 Å². The van der Waals surface area contributed by atoms with Crippen molar-refractivity contribution in [3.05, 3.63) is 0 Å². The van der Waals surface area contributed by atoms with Crippen LogP contribution in [0, 0.1) is 5.41 Å². The summed E-state index contributed by atoms with van der Waals surface area (Å²) in [6.07, 6.45) is -14.6. The van der Waals surface area contributed by atoms with E-state index in [4.69, 9.17) is 5.11 Å². The highest BCUT2D eigenvalue weighted by molar-refractivity contribution is 5.73. The molecular weight excluding hydrogens is 294 g/mol. The summed E-state index contributed by atoms with van der Waals surface area (Å²) in [6, 6.07) is 0. The van der Waals surface area contributed by atoms with Crippen LogP contribution in [0.3, 0.4) is 0 Å². The number of carboxylic acid groups (broad SMARTS) is 1. The van der Waals surface area contributed by atoms with Crippen LogP contribution in [0.15, 0.2) is 0 Å². The summed E-state index contributed by atoms with van der Waals surface area (Å²) in [5, 5.41) is 8.77. The van der Waals surface area contributed by atoms with E-state index in [1.165, 1.54) is 13.8 Å². The third kappa shape index (κ3) is 6.44. The number of rotatable bonds is 7. The van der Waals surface area contributed by atoms with E-state index in [9.17, 15) is 31.1 Å². The van der Waals surface area contributed by atoms with E-state index in [1.807, 2.05) is 0 Å². The smallest absolute Gasteiger partial charge is 0.423 e. The second-order valence-corrected chi connectivity index (χ2v) is 4.98. The van der Waals surface area contributed by atoms with Gasteiger partial charge in [0.2, 0.25) is 6.10 Å². The van der Waals surface area contributed by atoms with Gasteiger partial charge in [-0.1, -0.05) is 6.42 Å². The van der Waals surface area contributed by atoms with Crippen LogP contribution in [0.25, 0.3) is 0 Å². The van der Waals surface area contributed by atoms with Gasteiger partial charge >= 0.3 is 18.3 Å². The maximum Gasteiger partial charge on any atom is 0.423 e. The number of unbranched alkanes of at least 4 members (excludes halogenated alkanes) is 1. The minimum Gasteiger partial charge on any atom is -0.481 e. The highest BCUT2D eigenvalue weighted by Gasteiger charge is 2.57. The van der Waals surface area contributed by atoms with E-state index in [1.54, 1.807) is 0 Å². The predicted molar refractivity (Wildman–Crippen MR) is 57.1 cm³/mol. The van der Waals surface area contributed by atoms with Gasteiger partial charge in [-0.3, -0.25) is 4.79 Å². The van der Waals surface area contributed by atoms with Crippen LogP contribution in [0.4, 0.5) is 26.3 Å². The Hall–Kier alpha value is -0.990. The lowest BCUT2D eigenvalue weighted by Crippen LogP contribution is -2.44. The number of carboxylic acids is 1. The van der Waals surface area contributed by atoms with E-state index in [-0.39, 0.29) is 19.3 Å². The Balaban J connectivity index is 4.20. The zero-order chi connectivity index (χ0) is 16.2. The largest absolute Gasteiger partial charge is 0.481 e. The molecule has 0 heterocycles. The van der Waals surface area contributed by atoms with Crippen molar-refractivity contribution in [2.75, 3.05) is 6.61 Å². The fourth-order valence-electron chi connectivity index (χ4n) is 1.35. The van der Waals surface area contributed by atoms with Gasteiger partial charge in [-0.15, -0.1) is 0 Å². The molecular formula is C11H16F6O3. The molecule has 0 atom stereocenters. The van der Waals surface area contributed by atoms with Crippen LogP contribution in [0.5, 0.6) is 0 Å². The van der Waals surface area contributed by atoms with Gasteiger partial charge in [0, 0.05) is 6.61 Å². The topological polar surface area (TPSA) is 46.5 Å². The van der Waals surface area contributed by atoms with Crippen LogP contribution >= 0.6 is 0 Å². The molecule has 9 heteroatoms. The first-order valence-electron chi connectivity index (χ1n) is 5.77. The lowest BCUT2D eigenvalue weighted by atomic mass is 9.87. The molecule has 0 fully saturated rings. The fourth-order valence-corrected chi connectivity index (χ4v) is 1.35. The summed E-state index contributed by atoms with van der Waals surface area (Å²) >= 11 is 0. The van der Waals surface area contributed by atoms with Gasteiger partial charge in [0.1, 0.15) is 0 Å². The molecule has 0 amide bonds. The third-order valence-electron chi connectivity index (χ3n) is 2.65. The van der Waals surface area contributed by atoms with Crippen LogP contribution < -0.4 is 0 Å². The summed E-state index contributed by atoms with van der Waals surface area (Å²) in [5.74, 6) is -1.08. The first-order chi connectivity index (χ1) is 8.78. The Morgan fingerprint density at radius 3 is 1.85 bits per heavy atom. The maximum atomic E-state index is 12.1. The number of hydrogen-bond donors (Lipinski definition) is 1. The Bertz CT molecular complexity index is 307. The average Bonchev–Trinajstić information content (AvgIpc) is 2.18. The number of halogens is 6. The highest BCUT2D eigenvalue weighted by atomic mass is 19.4. The quantitative estimate of drug-likeness (QED) is 0.575. The van der Waals surface area contributed by atoms with E-state index >= 15 is 0 Å². The Morgan fingerprint density at radius 1 is 1.05 bits per heavy atom. The Kier molecular flexibility index (Phi) is 6.31. The molecule has 0 unspecified atom stereocenters. The number of ether oxygens (including phenoxy) is 1. The molecule has 0 spiro atoms. The third-order valence-corrected chi connectivity index (χ3v) is 2.65. The first-order valence-corrected chi connectivity index (χ1v) is 5.77. The molecule has 0 radical (unpaired) electrons. The second-order valence-electron chi connectivity index (χ2n) is 4.98. The minimum atomic E-state index is -5.52. The standard InChI is InChI=1S/C11H16F6O3/c1-9(2,8(18)19)5-3-4-6-20-7(10(12,13)14)11(15,16)17/h7H,3-6H2,1-2H3,(H,18,19). The van der Waals surface area contributed by atoms with Crippen LogP contribution in [-0.4, -0.2) is 36.1 Å². The molecule has 0 rings (SSSR count). The van der Waals surface area contributed by atoms with E-state index in [0.717, 1.165) is 0 Å². The van der Waals surface area contributed by atoms with Gasteiger partial charge in [0.25, 0.3) is 0 Å². The van der Waals surface area contributed by atoms with E-state index < -0.39 is 36.4 Å². The summed E-state index contributed by atoms with van der Waals surface area (Å²) in [7, 11) is 0. The van der Waals surface area contributed by atoms with Crippen molar-refractivity contribution in [2.24, 2.45) is 5.41 Å². The average molecular weight is 310 g/mol. The molecule has 0 aliphatic heterocycles. The van der Waals surface area contributed by atoms with Crippen LogP contribution in [-0.2, 0) is 9.53 Å². The maximum absolute atomic E-state index is 12.1. The lowest BCUT2D eigenvalue weighted by Gasteiger charge is -2.23. The zero-order valence-electron chi connectivity index (χ0n) is 10.9. The highest BCUT2D eigenvalue weighted by Crippen LogP contribution is 2.35. The summed E-state index contributed by atoms with van der Waals surface area (Å²) < 4.78 is 76.4. The van der Waals surface area contributed by atoms with Gasteiger partial charge < -0.3 is 9.84 Å². The SMILES string of the molecule is CC(C)(CCCCOC(C(F)(F)F)C(F)(F)F)C(=O)O. The predicted octanol–water partition coefficient (Wildman–Crippen LogP) is 3.78. The van der Waals surface area contributed by atoms with Crippen LogP contribution in [0.2, 0.25) is 0 Å². The molecule has 1 N–H and O–H groups in total. The monoisotopic (exact) mass is 310 g/mol. The normalized spacial score (nSPS) is 13.8. The van der Waals surface area contributed by atoms with Crippen molar-refractivity contribution in [3.8, 4) is 0 Å². The van der Waals surface area contributed by atoms with Gasteiger partial charge in [-0.25, -0.2) is 0 Å². The van der Waals surface area contributed by atoms with Gasteiger partial charge in [0.15, 0.2) is 0 Å². The number of alkyl halides is 6. The molecule has 0 bridgehead atoms. The van der Waals surface area contributed by atoms with Crippen molar-refractivity contribution in [1.29, 1.82) is 0 Å². The Morgan fingerprint density at radius 2 is 1.50 bits per heavy atom. The summed E-state index contributed by atoms with van der Waals surface area (Å²) in [5.41, 5.74) is -1.08. The van der Waals surface area contributed by atoms with Gasteiger partial charge in [-0.2, -0.15) is 26.3 Å². The van der Waals surface area contributed by atoms with E-state index in [2.05, 4.69) is 4.74 Å². The molecule has 0 aliphatic carbocycles. The molecule has 0 aliphatic rings. The number of hydrogen-bond acceptors (Lipinski definition) is 2. The van der Waals surface area contributed by atoms with Crippen molar-refractivity contribution in [3.63, 3.8) is 0 Å². The molecule has 120 valence electrons. The molecule has 3 nitrogen and oxygen atoms in total. The molecule has 0 saturated carbocycles. The van der Waals surface area contributed by atoms with Crippen molar-refractivity contribution in [1.82, 2.24) is 0 Å². The molecule has 20 heavy (non-hydrogen) atoms. The first kappa shape index (κ1) is 19.0. The molecule has 0 aromatic rings. The molecule has 0 aromatic carbocycles. The van der Waals surface area contributed by atoms with Gasteiger partial charge in [0.05, 0.1) is 5.41 Å². The molecule has 0 aromatic heterocycles. The van der Waals surface area contributed by atoms with E-state index in [0.29, 0.717) is 0 Å². The fraction of sp³-hybridized carbons (Fsp3) is 0.909. The van der Waals surface area contributed by atoms with Crippen LogP contribution in [0.1, 0.15) is 33.1 Å². The number of carbonyl (C=O) groups is 1. The summed E-state index contributed by atoms with van der Waals surface area (Å²) in [4.78, 5) is 10.7. The van der Waals surface area contributed by atoms with Crippen molar-refractivity contribution < 1.29 is 41.0 Å². The second kappa shape index (κ2) is 6.64. The van der Waals surface area contributed by atoms with Crippen molar-refractivity contribution in [2.45, 2.75) is 51.6 Å². The zero-order valence-corrected chi connectivity index (χ0v) is 10.9. The van der Waals surface area contributed by atoms with Crippen molar-refractivity contribution >= 4 is 5.97 Å². The lowest BCUT2D eigenvalue weighted by molar-refractivity contribution is -0.321.